The van der Waals surface area contributed by atoms with Gasteiger partial charge >= 0.3 is 5.97 Å². The number of anilines is 1. The molecule has 1 heterocycles. The minimum absolute atomic E-state index is 0. The fourth-order valence-electron chi connectivity index (χ4n) is 1.69. The van der Waals surface area contributed by atoms with Crippen molar-refractivity contribution in [1.29, 1.82) is 0 Å². The standard InChI is InChI=1S/C12H11ClN2O5S.Cs/c13-9-5-10(15-6-7-2-1-3-20-7)8(12(16)17)4-11(9)21(14,18)19;/h1-5,15H,6H2,(H,16,17)(H2,14,18,19);. The Morgan fingerprint density at radius 3 is 2.59 bits per heavy atom. The number of hydrogen-bond donors (Lipinski definition) is 3. The molecule has 0 aliphatic rings. The summed E-state index contributed by atoms with van der Waals surface area (Å²) in [4.78, 5) is 10.8. The Morgan fingerprint density at radius 1 is 1.41 bits per heavy atom. The van der Waals surface area contributed by atoms with E-state index < -0.39 is 20.9 Å². The molecule has 0 amide bonds. The first-order valence-corrected chi connectivity index (χ1v) is 7.57. The van der Waals surface area contributed by atoms with Gasteiger partial charge in [0.05, 0.1) is 29.1 Å². The topological polar surface area (TPSA) is 123 Å². The van der Waals surface area contributed by atoms with E-state index in [0.717, 1.165) is 6.07 Å². The normalized spacial score (nSPS) is 10.8. The third kappa shape index (κ3) is 5.01. The van der Waals surface area contributed by atoms with Crippen molar-refractivity contribution >= 4 is 102 Å². The van der Waals surface area contributed by atoms with Crippen molar-refractivity contribution < 1.29 is 22.7 Å². The van der Waals surface area contributed by atoms with E-state index in [0.29, 0.717) is 5.76 Å². The number of nitrogens with two attached hydrogens (primary N) is 1. The molecule has 0 aliphatic carbocycles. The summed E-state index contributed by atoms with van der Waals surface area (Å²) in [7, 11) is -4.11. The predicted molar refractivity (Wildman–Crippen MR) is 81.6 cm³/mol. The smallest absolute Gasteiger partial charge is 0.337 e. The molecule has 4 N–H and O–H groups in total. The molecular weight excluding hydrogens is 453 g/mol. The van der Waals surface area contributed by atoms with E-state index in [9.17, 15) is 13.2 Å². The molecule has 1 aromatic heterocycles. The van der Waals surface area contributed by atoms with Crippen LogP contribution < -0.4 is 10.5 Å². The number of halogens is 1. The molecule has 0 saturated carbocycles. The Hall–Kier alpha value is 0.0219. The van der Waals surface area contributed by atoms with Crippen LogP contribution in [0.1, 0.15) is 16.1 Å². The molecule has 0 aliphatic heterocycles. The second kappa shape index (κ2) is 8.22. The number of sulfonamides is 1. The minimum Gasteiger partial charge on any atom is -0.478 e. The summed E-state index contributed by atoms with van der Waals surface area (Å²) in [5.74, 6) is -0.725. The van der Waals surface area contributed by atoms with Gasteiger partial charge in [-0.2, -0.15) is 0 Å². The summed E-state index contributed by atoms with van der Waals surface area (Å²) in [6.45, 7) is 0.221. The van der Waals surface area contributed by atoms with E-state index in [1.165, 1.54) is 12.3 Å². The number of benzene rings is 1. The number of carbonyl (C=O) groups is 1. The molecule has 0 atom stereocenters. The number of primary sulfonamides is 1. The molecule has 1 radical (unpaired) electrons. The maximum Gasteiger partial charge on any atom is 0.337 e. The van der Waals surface area contributed by atoms with Crippen LogP contribution in [0.2, 0.25) is 5.02 Å². The number of hydrogen-bond acceptors (Lipinski definition) is 5. The number of rotatable bonds is 5. The van der Waals surface area contributed by atoms with Crippen molar-refractivity contribution in [2.24, 2.45) is 5.14 Å². The van der Waals surface area contributed by atoms with E-state index >= 15 is 0 Å². The van der Waals surface area contributed by atoms with Crippen molar-refractivity contribution in [3.63, 3.8) is 0 Å². The van der Waals surface area contributed by atoms with Crippen LogP contribution in [-0.4, -0.2) is 88.4 Å². The van der Waals surface area contributed by atoms with Crippen LogP contribution in [0.5, 0.6) is 0 Å². The van der Waals surface area contributed by atoms with E-state index in [1.54, 1.807) is 12.1 Å². The first kappa shape index (κ1) is 20.1. The first-order valence-electron chi connectivity index (χ1n) is 5.65. The third-order valence-electron chi connectivity index (χ3n) is 2.64. The fraction of sp³-hybridized carbons (Fsp3) is 0.0833. The largest absolute Gasteiger partial charge is 0.478 e. The molecule has 22 heavy (non-hydrogen) atoms. The SMILES string of the molecule is NS(=O)(=O)c1cc(C(=O)O)c(NCc2ccco2)cc1Cl.[Cs]. The van der Waals surface area contributed by atoms with Gasteiger partial charge < -0.3 is 14.8 Å². The van der Waals surface area contributed by atoms with Crippen LogP contribution in [-0.2, 0) is 16.6 Å². The third-order valence-corrected chi connectivity index (χ3v) is 4.02. The molecule has 0 saturated heterocycles. The van der Waals surface area contributed by atoms with Gasteiger partial charge in [-0.1, -0.05) is 11.6 Å². The molecule has 2 aromatic rings. The van der Waals surface area contributed by atoms with Crippen LogP contribution in [0.4, 0.5) is 5.69 Å². The summed E-state index contributed by atoms with van der Waals surface area (Å²) < 4.78 is 27.8. The molecule has 0 fully saturated rings. The van der Waals surface area contributed by atoms with Crippen molar-refractivity contribution in [2.45, 2.75) is 11.4 Å². The molecule has 7 nitrogen and oxygen atoms in total. The van der Waals surface area contributed by atoms with Gasteiger partial charge in [-0.15, -0.1) is 0 Å². The summed E-state index contributed by atoms with van der Waals surface area (Å²) >= 11 is 5.84. The minimum atomic E-state index is -4.11. The molecule has 0 spiro atoms. The van der Waals surface area contributed by atoms with Gasteiger partial charge in [0.2, 0.25) is 10.0 Å². The molecule has 10 heteroatoms. The van der Waals surface area contributed by atoms with Crippen molar-refractivity contribution in [2.75, 3.05) is 5.32 Å². The molecule has 0 unspecified atom stereocenters. The van der Waals surface area contributed by atoms with Gasteiger partial charge in [-0.3, -0.25) is 0 Å². The Morgan fingerprint density at radius 2 is 2.09 bits per heavy atom. The van der Waals surface area contributed by atoms with Crippen molar-refractivity contribution in [3.8, 4) is 0 Å². The second-order valence-electron chi connectivity index (χ2n) is 4.11. The predicted octanol–water partition coefficient (Wildman–Crippen LogP) is 1.51. The quantitative estimate of drug-likeness (QED) is 0.618. The van der Waals surface area contributed by atoms with E-state index in [-0.39, 0.29) is 91.7 Å². The Labute approximate surface area is 190 Å². The first-order chi connectivity index (χ1) is 9.79. The average molecular weight is 464 g/mol. The summed E-state index contributed by atoms with van der Waals surface area (Å²) in [6.07, 6.45) is 1.48. The summed E-state index contributed by atoms with van der Waals surface area (Å²) in [5.41, 5.74) is -0.0914. The molecule has 1 aromatic carbocycles. The number of furan rings is 1. The van der Waals surface area contributed by atoms with Crippen LogP contribution in [0.15, 0.2) is 39.8 Å². The molecular formula is C12H11ClCsN2O5S. The molecule has 0 bridgehead atoms. The maximum absolute atomic E-state index is 11.3. The Balaban J connectivity index is 0.00000242. The van der Waals surface area contributed by atoms with Gasteiger partial charge in [0.25, 0.3) is 0 Å². The van der Waals surface area contributed by atoms with Crippen LogP contribution in [0.25, 0.3) is 0 Å². The molecule has 2 rings (SSSR count). The number of nitrogens with one attached hydrogen (secondary N) is 1. The van der Waals surface area contributed by atoms with Crippen molar-refractivity contribution in [3.05, 3.63) is 46.9 Å². The zero-order valence-electron chi connectivity index (χ0n) is 11.5. The zero-order valence-corrected chi connectivity index (χ0v) is 19.4. The van der Waals surface area contributed by atoms with Gasteiger partial charge in [0.15, 0.2) is 0 Å². The average Bonchev–Trinajstić information content (AvgIpc) is 2.87. The number of carboxylic acids is 1. The fourth-order valence-corrected chi connectivity index (χ4v) is 2.79. The second-order valence-corrected chi connectivity index (χ2v) is 6.05. The van der Waals surface area contributed by atoms with Crippen LogP contribution in [0, 0.1) is 0 Å². The van der Waals surface area contributed by atoms with Crippen LogP contribution >= 0.6 is 11.6 Å². The molecule has 113 valence electrons. The van der Waals surface area contributed by atoms with E-state index in [2.05, 4.69) is 5.32 Å². The Bertz CT molecular complexity index is 777. The van der Waals surface area contributed by atoms with Crippen LogP contribution in [0.3, 0.4) is 0 Å². The van der Waals surface area contributed by atoms with Gasteiger partial charge in [-0.05, 0) is 24.3 Å². The van der Waals surface area contributed by atoms with Gasteiger partial charge in [0, 0.05) is 68.9 Å². The van der Waals surface area contributed by atoms with Gasteiger partial charge in [0.1, 0.15) is 10.7 Å². The number of carboxylic acid groups (broad SMARTS) is 1. The monoisotopic (exact) mass is 463 g/mol. The van der Waals surface area contributed by atoms with E-state index in [1.807, 2.05) is 0 Å². The van der Waals surface area contributed by atoms with Crippen molar-refractivity contribution in [1.82, 2.24) is 0 Å². The van der Waals surface area contributed by atoms with Gasteiger partial charge in [-0.25, -0.2) is 18.4 Å². The summed E-state index contributed by atoms with van der Waals surface area (Å²) in [6, 6.07) is 5.51. The maximum atomic E-state index is 11.3. The number of aromatic carboxylic acids is 1. The zero-order chi connectivity index (χ0) is 15.6. The Kier molecular flexibility index (Phi) is 7.50. The van der Waals surface area contributed by atoms with E-state index in [4.69, 9.17) is 26.3 Å². The summed E-state index contributed by atoms with van der Waals surface area (Å²) in [5, 5.41) is 16.8.